The standard InChI is InChI=1S/C5H5I/c1-4-2-6-3-5(1)4/h4H,1-2H2. The first-order valence-corrected chi connectivity index (χ1v) is 4.77. The predicted molar refractivity (Wildman–Crippen MR) is 35.5 cm³/mol. The van der Waals surface area contributed by atoms with E-state index in [1.165, 1.54) is 10.8 Å². The molecule has 0 nitrogen and oxygen atoms in total. The summed E-state index contributed by atoms with van der Waals surface area (Å²) in [6.07, 6.45) is 1.42. The van der Waals surface area contributed by atoms with Gasteiger partial charge in [0.05, 0.1) is 0 Å². The molecular weight excluding hydrogens is 187 g/mol. The summed E-state index contributed by atoms with van der Waals surface area (Å²) in [6, 6.07) is 0. The van der Waals surface area contributed by atoms with Gasteiger partial charge in [0, 0.05) is 10.3 Å². The highest BCUT2D eigenvalue weighted by Gasteiger charge is 2.31. The van der Waals surface area contributed by atoms with E-state index in [1.54, 1.807) is 5.57 Å². The lowest BCUT2D eigenvalue weighted by Gasteiger charge is -1.69. The molecule has 1 aliphatic carbocycles. The van der Waals surface area contributed by atoms with E-state index >= 15 is 0 Å². The zero-order valence-electron chi connectivity index (χ0n) is 3.37. The van der Waals surface area contributed by atoms with E-state index in [-0.39, 0.29) is 0 Å². The van der Waals surface area contributed by atoms with Gasteiger partial charge in [0.15, 0.2) is 0 Å². The number of hydrogen-bond donors (Lipinski definition) is 0. The van der Waals surface area contributed by atoms with E-state index in [1.807, 2.05) is 0 Å². The van der Waals surface area contributed by atoms with Gasteiger partial charge in [-0.05, 0) is 12.0 Å². The van der Waals surface area contributed by atoms with E-state index in [9.17, 15) is 0 Å². The SMILES string of the molecule is C1=ICC2CC=12. The molecule has 0 bridgehead atoms. The quantitative estimate of drug-likeness (QED) is 0.401. The van der Waals surface area contributed by atoms with Crippen LogP contribution in [0.15, 0.2) is 5.57 Å². The highest BCUT2D eigenvalue weighted by Crippen LogP contribution is 2.42. The first-order valence-electron chi connectivity index (χ1n) is 2.16. The van der Waals surface area contributed by atoms with Crippen LogP contribution in [0.25, 0.3) is 0 Å². The molecule has 0 aromatic heterocycles. The molecule has 0 radical (unpaired) electrons. The number of hydrogen-bond acceptors (Lipinski definition) is 0. The number of alkyl halides is 1. The average Bonchev–Trinajstić information content (AvgIpc) is 2.17. The lowest BCUT2D eigenvalue weighted by Crippen LogP contribution is -1.66. The Morgan fingerprint density at radius 2 is 2.83 bits per heavy atom. The first kappa shape index (κ1) is 3.39. The lowest BCUT2D eigenvalue weighted by atomic mass is 10.5. The maximum absolute atomic E-state index is 3.42. The maximum Gasteiger partial charge on any atom is 0.00928 e. The number of rotatable bonds is 0. The summed E-state index contributed by atoms with van der Waals surface area (Å²) in [5.74, 6) is 1.07. The minimum Gasteiger partial charge on any atom is -0.0874 e. The molecule has 0 aromatic carbocycles. The summed E-state index contributed by atoms with van der Waals surface area (Å²) >= 11 is 0.465. The maximum atomic E-state index is 3.42. The molecule has 6 heavy (non-hydrogen) atoms. The molecule has 1 atom stereocenters. The van der Waals surface area contributed by atoms with Crippen molar-refractivity contribution in [3.63, 3.8) is 0 Å². The Labute approximate surface area is 47.0 Å². The minimum absolute atomic E-state index is 0.465. The third-order valence-corrected chi connectivity index (χ3v) is 3.83. The highest BCUT2D eigenvalue weighted by molar-refractivity contribution is 14.2. The fraction of sp³-hybridized carbons (Fsp3) is 0.600. The molecule has 0 saturated heterocycles. The highest BCUT2D eigenvalue weighted by atomic mass is 127. The Hall–Kier alpha value is 0.380. The first-order chi connectivity index (χ1) is 2.97. The van der Waals surface area contributed by atoms with Crippen LogP contribution in [0.4, 0.5) is 0 Å². The van der Waals surface area contributed by atoms with Crippen molar-refractivity contribution >= 4 is 24.4 Å². The zero-order valence-corrected chi connectivity index (χ0v) is 5.53. The van der Waals surface area contributed by atoms with Gasteiger partial charge in [0.1, 0.15) is 0 Å². The lowest BCUT2D eigenvalue weighted by molar-refractivity contribution is 1.06. The van der Waals surface area contributed by atoms with Gasteiger partial charge in [-0.1, -0.05) is 24.4 Å². The van der Waals surface area contributed by atoms with Gasteiger partial charge in [-0.3, -0.25) is 0 Å². The average molecular weight is 192 g/mol. The van der Waals surface area contributed by atoms with Gasteiger partial charge in [0.25, 0.3) is 0 Å². The van der Waals surface area contributed by atoms with Crippen LogP contribution in [-0.4, -0.2) is 8.09 Å². The number of allylic oxidation sites excluding steroid dienone is 1. The number of fused-ring (bicyclic) bond motifs is 1. The summed E-state index contributed by atoms with van der Waals surface area (Å²) in [6.45, 7) is 0. The molecule has 1 unspecified atom stereocenters. The van der Waals surface area contributed by atoms with Gasteiger partial charge >= 0.3 is 0 Å². The second-order valence-corrected chi connectivity index (χ2v) is 3.99. The minimum atomic E-state index is 0.465. The van der Waals surface area contributed by atoms with Crippen LogP contribution in [0.1, 0.15) is 6.42 Å². The van der Waals surface area contributed by atoms with E-state index in [4.69, 9.17) is 0 Å². The van der Waals surface area contributed by atoms with Crippen LogP contribution in [0.3, 0.4) is 0 Å². The Balaban J connectivity index is 2.57. The van der Waals surface area contributed by atoms with Crippen LogP contribution in [-0.2, 0) is 0 Å². The van der Waals surface area contributed by atoms with Crippen molar-refractivity contribution in [2.75, 3.05) is 4.43 Å². The third-order valence-electron chi connectivity index (χ3n) is 1.25. The normalized spacial score (nSPS) is 37.3. The largest absolute Gasteiger partial charge is 0.0874 e. The molecule has 2 rings (SSSR count). The molecule has 1 heteroatoms. The van der Waals surface area contributed by atoms with Crippen molar-refractivity contribution in [3.8, 4) is 0 Å². The van der Waals surface area contributed by atoms with E-state index in [0.717, 1.165) is 5.92 Å². The second kappa shape index (κ2) is 0.958. The summed E-state index contributed by atoms with van der Waals surface area (Å²) in [5.41, 5.74) is 1.67. The van der Waals surface area contributed by atoms with Gasteiger partial charge < -0.3 is 0 Å². The van der Waals surface area contributed by atoms with E-state index in [0.29, 0.717) is 20.7 Å². The molecular formula is C5H5I. The smallest absolute Gasteiger partial charge is 0.00928 e. The molecule has 1 aliphatic heterocycles. The molecule has 1 saturated carbocycles. The molecule has 32 valence electrons. The van der Waals surface area contributed by atoms with Crippen molar-refractivity contribution in [2.45, 2.75) is 6.42 Å². The van der Waals surface area contributed by atoms with Crippen molar-refractivity contribution in [1.82, 2.24) is 0 Å². The summed E-state index contributed by atoms with van der Waals surface area (Å²) < 4.78 is 4.94. The monoisotopic (exact) mass is 192 g/mol. The van der Waals surface area contributed by atoms with Crippen molar-refractivity contribution < 1.29 is 0 Å². The van der Waals surface area contributed by atoms with Crippen LogP contribution in [0, 0.1) is 5.92 Å². The molecule has 0 aromatic rings. The third kappa shape index (κ3) is 0.326. The summed E-state index contributed by atoms with van der Waals surface area (Å²) in [7, 11) is 0. The Morgan fingerprint density at radius 3 is 3.00 bits per heavy atom. The Morgan fingerprint density at radius 1 is 1.83 bits per heavy atom. The predicted octanol–water partition coefficient (Wildman–Crippen LogP) is 1.32. The molecule has 0 amide bonds. The molecule has 2 aliphatic rings. The Kier molecular flexibility index (Phi) is 0.541. The molecule has 1 fully saturated rings. The van der Waals surface area contributed by atoms with Crippen molar-refractivity contribution in [2.24, 2.45) is 5.92 Å². The van der Waals surface area contributed by atoms with Crippen LogP contribution < -0.4 is 0 Å². The van der Waals surface area contributed by atoms with Crippen LogP contribution in [0.5, 0.6) is 0 Å². The second-order valence-electron chi connectivity index (χ2n) is 1.81. The van der Waals surface area contributed by atoms with E-state index < -0.39 is 0 Å². The molecule has 0 spiro atoms. The van der Waals surface area contributed by atoms with Crippen molar-refractivity contribution in [3.05, 3.63) is 5.57 Å². The van der Waals surface area contributed by atoms with Crippen LogP contribution in [0.2, 0.25) is 0 Å². The van der Waals surface area contributed by atoms with Crippen LogP contribution >= 0.6 is 20.7 Å². The van der Waals surface area contributed by atoms with Gasteiger partial charge in [-0.25, -0.2) is 0 Å². The fourth-order valence-corrected chi connectivity index (χ4v) is 3.43. The van der Waals surface area contributed by atoms with Gasteiger partial charge in [0.2, 0.25) is 0 Å². The summed E-state index contributed by atoms with van der Waals surface area (Å²) in [4.78, 5) is 0. The number of halogens is 1. The molecule has 1 heterocycles. The van der Waals surface area contributed by atoms with Crippen molar-refractivity contribution in [1.29, 1.82) is 0 Å². The molecule has 0 N–H and O–H groups in total. The topological polar surface area (TPSA) is 0 Å². The van der Waals surface area contributed by atoms with Gasteiger partial charge in [-0.15, -0.1) is 0 Å². The Bertz CT molecular complexity index is 138. The fourth-order valence-electron chi connectivity index (χ4n) is 0.687. The van der Waals surface area contributed by atoms with E-state index in [2.05, 4.69) is 3.67 Å². The van der Waals surface area contributed by atoms with Gasteiger partial charge in [-0.2, -0.15) is 0 Å². The zero-order chi connectivity index (χ0) is 3.98. The summed E-state index contributed by atoms with van der Waals surface area (Å²) in [5, 5.41) is 0.